The van der Waals surface area contributed by atoms with Crippen LogP contribution in [0.5, 0.6) is 0 Å². The van der Waals surface area contributed by atoms with Gasteiger partial charge in [0.1, 0.15) is 5.82 Å². The molecule has 1 aliphatic heterocycles. The summed E-state index contributed by atoms with van der Waals surface area (Å²) in [4.78, 5) is 11.9. The van der Waals surface area contributed by atoms with Crippen LogP contribution in [0.25, 0.3) is 5.57 Å². The number of ether oxygens (including phenoxy) is 1. The van der Waals surface area contributed by atoms with E-state index in [1.54, 1.807) is 19.1 Å². The maximum atomic E-state index is 12.8. The maximum absolute atomic E-state index is 12.8. The summed E-state index contributed by atoms with van der Waals surface area (Å²) in [5, 5.41) is 13.0. The van der Waals surface area contributed by atoms with Gasteiger partial charge in [0.05, 0.1) is 5.60 Å². The number of rotatable bonds is 4. The van der Waals surface area contributed by atoms with Crippen molar-refractivity contribution < 1.29 is 19.0 Å². The average Bonchev–Trinajstić information content (AvgIpc) is 2.47. The van der Waals surface area contributed by atoms with Gasteiger partial charge in [0.2, 0.25) is 5.91 Å². The number of amides is 1. The van der Waals surface area contributed by atoms with Crippen molar-refractivity contribution in [3.63, 3.8) is 0 Å². The standard InChI is InChI=1S/C16H20FNO3/c1-12(13-2-4-14(17)5-3-13)10-15(19)18-11-16(20)6-8-21-9-7-16/h2-5,10,20H,6-9,11H2,1H3,(H,18,19). The molecule has 0 bridgehead atoms. The Bertz CT molecular complexity index is 519. The summed E-state index contributed by atoms with van der Waals surface area (Å²) in [6.07, 6.45) is 2.50. The summed E-state index contributed by atoms with van der Waals surface area (Å²) >= 11 is 0. The van der Waals surface area contributed by atoms with Crippen molar-refractivity contribution in [2.24, 2.45) is 0 Å². The fraction of sp³-hybridized carbons (Fsp3) is 0.438. The number of hydrogen-bond acceptors (Lipinski definition) is 3. The van der Waals surface area contributed by atoms with Crippen molar-refractivity contribution in [2.45, 2.75) is 25.4 Å². The predicted molar refractivity (Wildman–Crippen MR) is 78.1 cm³/mol. The Labute approximate surface area is 123 Å². The highest BCUT2D eigenvalue weighted by Gasteiger charge is 2.29. The number of aliphatic hydroxyl groups is 1. The molecule has 0 unspecified atom stereocenters. The molecule has 0 atom stereocenters. The topological polar surface area (TPSA) is 58.6 Å². The Kier molecular flexibility index (Phi) is 5.09. The van der Waals surface area contributed by atoms with Crippen LogP contribution < -0.4 is 5.32 Å². The molecular weight excluding hydrogens is 273 g/mol. The van der Waals surface area contributed by atoms with Crippen molar-refractivity contribution in [3.8, 4) is 0 Å². The summed E-state index contributed by atoms with van der Waals surface area (Å²) in [7, 11) is 0. The van der Waals surface area contributed by atoms with Crippen LogP contribution in [0.2, 0.25) is 0 Å². The van der Waals surface area contributed by atoms with Gasteiger partial charge in [0, 0.05) is 38.7 Å². The third-order valence-electron chi connectivity index (χ3n) is 3.66. The first-order chi connectivity index (χ1) is 9.98. The lowest BCUT2D eigenvalue weighted by molar-refractivity contribution is -0.119. The van der Waals surface area contributed by atoms with Crippen molar-refractivity contribution >= 4 is 11.5 Å². The summed E-state index contributed by atoms with van der Waals surface area (Å²) in [5.74, 6) is -0.575. The number of hydrogen-bond donors (Lipinski definition) is 2. The minimum absolute atomic E-state index is 0.211. The Morgan fingerprint density at radius 2 is 2.00 bits per heavy atom. The molecule has 5 heteroatoms. The van der Waals surface area contributed by atoms with E-state index in [0.29, 0.717) is 26.1 Å². The van der Waals surface area contributed by atoms with Gasteiger partial charge in [-0.3, -0.25) is 4.79 Å². The fourth-order valence-corrected chi connectivity index (χ4v) is 2.22. The van der Waals surface area contributed by atoms with Crippen LogP contribution in [0.4, 0.5) is 4.39 Å². The van der Waals surface area contributed by atoms with E-state index in [-0.39, 0.29) is 18.3 Å². The first-order valence-electron chi connectivity index (χ1n) is 7.01. The monoisotopic (exact) mass is 293 g/mol. The lowest BCUT2D eigenvalue weighted by atomic mass is 9.94. The van der Waals surface area contributed by atoms with E-state index in [0.717, 1.165) is 11.1 Å². The molecule has 0 aromatic heterocycles. The summed E-state index contributed by atoms with van der Waals surface area (Å²) < 4.78 is 18.0. The number of nitrogens with one attached hydrogen (secondary N) is 1. The van der Waals surface area contributed by atoms with Gasteiger partial charge >= 0.3 is 0 Å². The van der Waals surface area contributed by atoms with E-state index < -0.39 is 5.60 Å². The molecule has 0 radical (unpaired) electrons. The van der Waals surface area contributed by atoms with Crippen molar-refractivity contribution in [1.29, 1.82) is 0 Å². The highest BCUT2D eigenvalue weighted by atomic mass is 19.1. The highest BCUT2D eigenvalue weighted by Crippen LogP contribution is 2.19. The van der Waals surface area contributed by atoms with E-state index in [9.17, 15) is 14.3 Å². The van der Waals surface area contributed by atoms with Crippen molar-refractivity contribution in [2.75, 3.05) is 19.8 Å². The molecule has 2 N–H and O–H groups in total. The highest BCUT2D eigenvalue weighted by molar-refractivity contribution is 5.94. The van der Waals surface area contributed by atoms with Crippen LogP contribution in [0.15, 0.2) is 30.3 Å². The molecule has 1 aliphatic rings. The van der Waals surface area contributed by atoms with E-state index in [2.05, 4.69) is 5.32 Å². The van der Waals surface area contributed by atoms with Crippen LogP contribution in [0, 0.1) is 5.82 Å². The van der Waals surface area contributed by atoms with E-state index in [1.807, 2.05) is 0 Å². The van der Waals surface area contributed by atoms with Gasteiger partial charge in [0.15, 0.2) is 0 Å². The number of carbonyl (C=O) groups is 1. The molecule has 114 valence electrons. The fourth-order valence-electron chi connectivity index (χ4n) is 2.22. The van der Waals surface area contributed by atoms with Gasteiger partial charge in [0.25, 0.3) is 0 Å². The summed E-state index contributed by atoms with van der Waals surface area (Å²) in [6, 6.07) is 5.96. The molecule has 0 aliphatic carbocycles. The Balaban J connectivity index is 1.91. The van der Waals surface area contributed by atoms with E-state index >= 15 is 0 Å². The molecule has 1 heterocycles. The number of halogens is 1. The van der Waals surface area contributed by atoms with Crippen molar-refractivity contribution in [1.82, 2.24) is 5.32 Å². The molecule has 1 saturated heterocycles. The molecule has 21 heavy (non-hydrogen) atoms. The molecule has 0 spiro atoms. The lowest BCUT2D eigenvalue weighted by Gasteiger charge is -2.31. The number of carbonyl (C=O) groups excluding carboxylic acids is 1. The second-order valence-corrected chi connectivity index (χ2v) is 5.39. The zero-order valence-corrected chi connectivity index (χ0v) is 12.1. The van der Waals surface area contributed by atoms with Gasteiger partial charge < -0.3 is 15.2 Å². The van der Waals surface area contributed by atoms with Crippen molar-refractivity contribution in [3.05, 3.63) is 41.7 Å². The quantitative estimate of drug-likeness (QED) is 0.833. The summed E-state index contributed by atoms with van der Waals surface area (Å²) in [5.41, 5.74) is 0.647. The Morgan fingerprint density at radius 3 is 2.62 bits per heavy atom. The second-order valence-electron chi connectivity index (χ2n) is 5.39. The number of allylic oxidation sites excluding steroid dienone is 1. The SMILES string of the molecule is CC(=CC(=O)NCC1(O)CCOCC1)c1ccc(F)cc1. The van der Waals surface area contributed by atoms with E-state index in [4.69, 9.17) is 4.74 Å². The third-order valence-corrected chi connectivity index (χ3v) is 3.66. The molecule has 2 rings (SSSR count). The zero-order chi connectivity index (χ0) is 15.3. The van der Waals surface area contributed by atoms with Gasteiger partial charge in [-0.2, -0.15) is 0 Å². The molecule has 1 amide bonds. The normalized spacial score (nSPS) is 18.3. The second kappa shape index (κ2) is 6.83. The zero-order valence-electron chi connectivity index (χ0n) is 12.1. The molecular formula is C16H20FNO3. The van der Waals surface area contributed by atoms with Gasteiger partial charge in [-0.05, 0) is 30.2 Å². The largest absolute Gasteiger partial charge is 0.388 e. The lowest BCUT2D eigenvalue weighted by Crippen LogP contribution is -2.46. The first kappa shape index (κ1) is 15.7. The molecule has 1 aromatic carbocycles. The third kappa shape index (κ3) is 4.65. The molecule has 0 saturated carbocycles. The van der Waals surface area contributed by atoms with Crippen LogP contribution in [0.1, 0.15) is 25.3 Å². The Morgan fingerprint density at radius 1 is 1.38 bits per heavy atom. The summed E-state index contributed by atoms with van der Waals surface area (Å²) in [6.45, 7) is 3.02. The number of benzene rings is 1. The first-order valence-corrected chi connectivity index (χ1v) is 7.01. The minimum Gasteiger partial charge on any atom is -0.388 e. The van der Waals surface area contributed by atoms with Crippen LogP contribution in [-0.4, -0.2) is 36.4 Å². The molecule has 1 aromatic rings. The van der Waals surface area contributed by atoms with Gasteiger partial charge in [-0.1, -0.05) is 12.1 Å². The van der Waals surface area contributed by atoms with Crippen LogP contribution in [-0.2, 0) is 9.53 Å². The molecule has 1 fully saturated rings. The Hall–Kier alpha value is -1.72. The average molecular weight is 293 g/mol. The maximum Gasteiger partial charge on any atom is 0.244 e. The van der Waals surface area contributed by atoms with Crippen LogP contribution in [0.3, 0.4) is 0 Å². The predicted octanol–water partition coefficient (Wildman–Crippen LogP) is 1.89. The smallest absolute Gasteiger partial charge is 0.244 e. The minimum atomic E-state index is -0.883. The van der Waals surface area contributed by atoms with Crippen LogP contribution >= 0.6 is 0 Å². The van der Waals surface area contributed by atoms with E-state index in [1.165, 1.54) is 18.2 Å². The molecule has 4 nitrogen and oxygen atoms in total. The van der Waals surface area contributed by atoms with Gasteiger partial charge in [-0.15, -0.1) is 0 Å². The van der Waals surface area contributed by atoms with Gasteiger partial charge in [-0.25, -0.2) is 4.39 Å².